The van der Waals surface area contributed by atoms with Crippen LogP contribution in [0.15, 0.2) is 72.8 Å². The van der Waals surface area contributed by atoms with Gasteiger partial charge < -0.3 is 29.3 Å². The molecule has 4 radical (unpaired) electrons. The van der Waals surface area contributed by atoms with Gasteiger partial charge in [-0.25, -0.2) is 9.59 Å². The first-order chi connectivity index (χ1) is 31.2. The molecule has 364 valence electrons. The van der Waals surface area contributed by atoms with Gasteiger partial charge in [-0.05, 0) is 76.3 Å². The van der Waals surface area contributed by atoms with Crippen LogP contribution in [0.5, 0.6) is 0 Å². The molecule has 2 aromatic rings. The van der Waals surface area contributed by atoms with Gasteiger partial charge in [0.25, 0.3) is 0 Å². The summed E-state index contributed by atoms with van der Waals surface area (Å²) < 4.78 is 10.3. The zero-order chi connectivity index (χ0) is 47.7. The van der Waals surface area contributed by atoms with Crippen LogP contribution >= 0.6 is 0 Å². The van der Waals surface area contributed by atoms with Gasteiger partial charge in [0.1, 0.15) is 0 Å². The van der Waals surface area contributed by atoms with E-state index in [0.717, 1.165) is 64.2 Å². The van der Waals surface area contributed by atoms with Gasteiger partial charge in [-0.1, -0.05) is 218 Å². The Hall–Kier alpha value is -3.40. The van der Waals surface area contributed by atoms with Crippen molar-refractivity contribution in [3.05, 3.63) is 109 Å². The van der Waals surface area contributed by atoms with Gasteiger partial charge in [-0.2, -0.15) is 0 Å². The number of unbranched alkanes of at least 4 members (excludes halogenated alkanes) is 22. The summed E-state index contributed by atoms with van der Waals surface area (Å²) in [7, 11) is 0. The molecular formula is C56H88O8Sn. The molecule has 2 rings (SSSR count). The minimum absolute atomic E-state index is 0. The molecule has 8 nitrogen and oxygen atoms in total. The van der Waals surface area contributed by atoms with Crippen molar-refractivity contribution < 1.29 is 38.9 Å². The molecule has 0 aromatic heterocycles. The minimum atomic E-state index is -1.37. The van der Waals surface area contributed by atoms with Crippen LogP contribution in [-0.2, 0) is 9.47 Å². The number of benzene rings is 2. The number of allylic oxidation sites excluding steroid dienone is 4. The number of aromatic carboxylic acids is 2. The average Bonchev–Trinajstić information content (AvgIpc) is 3.30. The smallest absolute Gasteiger partial charge is 0.545 e. The van der Waals surface area contributed by atoms with Crippen LogP contribution in [0.4, 0.5) is 0 Å². The summed E-state index contributed by atoms with van der Waals surface area (Å²) in [5.41, 5.74) is -0.170. The molecule has 0 atom stereocenters. The molecule has 9 heteroatoms. The summed E-state index contributed by atoms with van der Waals surface area (Å²) in [4.78, 5) is 45.7. The Kier molecular flexibility index (Phi) is 52.3. The molecule has 0 aliphatic carbocycles. The summed E-state index contributed by atoms with van der Waals surface area (Å²) >= 11 is 0. The Morgan fingerprint density at radius 1 is 0.415 bits per heavy atom. The zero-order valence-corrected chi connectivity index (χ0v) is 44.2. The largest absolute Gasteiger partial charge is 2.00 e. The van der Waals surface area contributed by atoms with Crippen LogP contribution in [0.2, 0.25) is 0 Å². The van der Waals surface area contributed by atoms with Crippen LogP contribution in [-0.4, -0.2) is 61.0 Å². The Labute approximate surface area is 414 Å². The van der Waals surface area contributed by atoms with Crippen LogP contribution in [0.3, 0.4) is 0 Å². The maximum Gasteiger partial charge on any atom is 2.00 e. The monoisotopic (exact) mass is 1010 g/mol. The molecule has 0 saturated carbocycles. The second-order valence-electron chi connectivity index (χ2n) is 16.1. The van der Waals surface area contributed by atoms with Gasteiger partial charge in [0.05, 0.1) is 36.3 Å². The number of rotatable bonds is 34. The molecule has 0 N–H and O–H groups in total. The average molecular weight is 1010 g/mol. The molecule has 0 aliphatic heterocycles. The van der Waals surface area contributed by atoms with E-state index in [1.54, 1.807) is 24.3 Å². The quantitative estimate of drug-likeness (QED) is 0.0293. The Balaban J connectivity index is -0.000000878. The molecule has 0 unspecified atom stereocenters. The van der Waals surface area contributed by atoms with Crippen molar-refractivity contribution >= 4 is 47.8 Å². The van der Waals surface area contributed by atoms with E-state index in [9.17, 15) is 29.4 Å². The maximum absolute atomic E-state index is 11.9. The predicted molar refractivity (Wildman–Crippen MR) is 269 cm³/mol. The Morgan fingerprint density at radius 2 is 0.677 bits per heavy atom. The second-order valence-corrected chi connectivity index (χ2v) is 16.1. The van der Waals surface area contributed by atoms with Gasteiger partial charge in [0.15, 0.2) is 0 Å². The molecule has 0 aliphatic rings. The summed E-state index contributed by atoms with van der Waals surface area (Å²) in [5.74, 6) is -3.96. The van der Waals surface area contributed by atoms with E-state index >= 15 is 0 Å². The molecule has 2 aromatic carbocycles. The second kappa shape index (κ2) is 51.6. The molecular weight excluding hydrogens is 919 g/mol. The van der Waals surface area contributed by atoms with Crippen molar-refractivity contribution in [2.24, 2.45) is 0 Å². The predicted octanol–water partition coefficient (Wildman–Crippen LogP) is 13.8. The van der Waals surface area contributed by atoms with Gasteiger partial charge in [-0.3, -0.25) is 0 Å². The number of hydrogen-bond acceptors (Lipinski definition) is 8. The van der Waals surface area contributed by atoms with Crippen molar-refractivity contribution in [3.63, 3.8) is 0 Å². The third-order valence-corrected chi connectivity index (χ3v) is 10.2. The fourth-order valence-corrected chi connectivity index (χ4v) is 6.30. The van der Waals surface area contributed by atoms with Crippen molar-refractivity contribution in [3.8, 4) is 0 Å². The summed E-state index contributed by atoms with van der Waals surface area (Å²) in [5, 5.41) is 21.9. The summed E-state index contributed by atoms with van der Waals surface area (Å²) in [6.45, 7) is 17.1. The van der Waals surface area contributed by atoms with Gasteiger partial charge >= 0.3 is 35.8 Å². The molecule has 0 spiro atoms. The van der Waals surface area contributed by atoms with Crippen molar-refractivity contribution in [2.45, 2.75) is 207 Å². The fraction of sp³-hybridized carbons (Fsp3) is 0.607. The maximum atomic E-state index is 11.9. The van der Waals surface area contributed by atoms with Crippen molar-refractivity contribution in [1.29, 1.82) is 0 Å². The SMILES string of the molecule is CCCCCC/C=C/CCCCOC(=O)c1ccccc1C(=O)[O-].CCCCCC/C=C/CCCCOC(=O)c1ccccc1C(=O)[O-].[CH2]CCCCCCC.[CH2]CCCCCCC.[Sn+2]. The summed E-state index contributed by atoms with van der Waals surface area (Å²) in [6, 6.07) is 11.9. The van der Waals surface area contributed by atoms with Gasteiger partial charge in [-0.15, -0.1) is 0 Å². The van der Waals surface area contributed by atoms with Crippen LogP contribution in [0, 0.1) is 13.8 Å². The minimum Gasteiger partial charge on any atom is -0.545 e. The van der Waals surface area contributed by atoms with Gasteiger partial charge in [0, 0.05) is 11.1 Å². The van der Waals surface area contributed by atoms with E-state index < -0.39 is 23.9 Å². The number of carbonyl (C=O) groups excluding carboxylic acids is 4. The standard InChI is InChI=1S/2C20H28O4.2C8H17.Sn/c2*1-2-3-4-5-6-7-8-9-10-13-16-24-20(23)18-15-12-11-14-17(18)19(21)22;2*1-3-5-7-8-6-4-2;/h2*7-8,11-12,14-15H,2-6,9-10,13,16H2,1H3,(H,21,22);2*1,3-8H2,2H3;/q;;;;+2/p-2/b2*8-7+;;;. The number of ether oxygens (including phenoxy) is 2. The van der Waals surface area contributed by atoms with Gasteiger partial charge in [0.2, 0.25) is 0 Å². The van der Waals surface area contributed by atoms with Crippen LogP contribution in [0.25, 0.3) is 0 Å². The fourth-order valence-electron chi connectivity index (χ4n) is 6.30. The van der Waals surface area contributed by atoms with Crippen LogP contribution < -0.4 is 10.2 Å². The van der Waals surface area contributed by atoms with E-state index in [2.05, 4.69) is 65.8 Å². The number of carbonyl (C=O) groups is 4. The normalized spacial score (nSPS) is 10.4. The zero-order valence-electron chi connectivity index (χ0n) is 41.3. The summed E-state index contributed by atoms with van der Waals surface area (Å²) in [6.07, 6.45) is 42.6. The first kappa shape index (κ1) is 65.9. The van der Waals surface area contributed by atoms with E-state index in [1.807, 2.05) is 0 Å². The molecule has 65 heavy (non-hydrogen) atoms. The van der Waals surface area contributed by atoms with Crippen LogP contribution in [0.1, 0.15) is 249 Å². The molecule has 0 heterocycles. The van der Waals surface area contributed by atoms with E-state index in [4.69, 9.17) is 9.47 Å². The first-order valence-electron chi connectivity index (χ1n) is 25.0. The topological polar surface area (TPSA) is 133 Å². The molecule has 0 fully saturated rings. The molecule has 0 saturated heterocycles. The number of carboxylic acid groups (broad SMARTS) is 2. The number of hydrogen-bond donors (Lipinski definition) is 0. The first-order valence-corrected chi connectivity index (χ1v) is 25.0. The van der Waals surface area contributed by atoms with Crippen molar-refractivity contribution in [2.75, 3.05) is 13.2 Å². The van der Waals surface area contributed by atoms with E-state index in [1.165, 1.54) is 140 Å². The van der Waals surface area contributed by atoms with E-state index in [0.29, 0.717) is 13.2 Å². The van der Waals surface area contributed by atoms with Crippen molar-refractivity contribution in [1.82, 2.24) is 0 Å². The number of carboxylic acids is 2. The molecule has 0 bridgehead atoms. The Morgan fingerprint density at radius 3 is 0.954 bits per heavy atom. The third kappa shape index (κ3) is 41.7. The number of esters is 2. The molecule has 0 amide bonds. The third-order valence-electron chi connectivity index (χ3n) is 10.2. The van der Waals surface area contributed by atoms with E-state index in [-0.39, 0.29) is 46.2 Å². The Bertz CT molecular complexity index is 1350.